The van der Waals surface area contributed by atoms with Crippen LogP contribution in [0, 0.1) is 0 Å². The number of furan rings is 1. The Morgan fingerprint density at radius 2 is 1.86 bits per heavy atom. The molecule has 0 unspecified atom stereocenters. The summed E-state index contributed by atoms with van der Waals surface area (Å²) in [5.41, 5.74) is 2.63. The quantitative estimate of drug-likeness (QED) is 0.770. The van der Waals surface area contributed by atoms with Gasteiger partial charge in [-0.2, -0.15) is 0 Å². The summed E-state index contributed by atoms with van der Waals surface area (Å²) in [7, 11) is 1.90. The molecule has 0 aliphatic heterocycles. The first-order chi connectivity index (χ1) is 10.3. The first-order valence-electron chi connectivity index (χ1n) is 6.80. The maximum absolute atomic E-state index is 12.2. The van der Waals surface area contributed by atoms with Crippen LogP contribution in [0.4, 0.5) is 5.69 Å². The summed E-state index contributed by atoms with van der Waals surface area (Å²) >= 11 is 0. The van der Waals surface area contributed by atoms with E-state index in [2.05, 4.69) is 10.6 Å². The lowest BCUT2D eigenvalue weighted by Gasteiger charge is -2.04. The second kappa shape index (κ2) is 5.81. The molecular weight excluding hydrogens is 264 g/mol. The van der Waals surface area contributed by atoms with E-state index < -0.39 is 0 Å². The van der Waals surface area contributed by atoms with Crippen molar-refractivity contribution >= 4 is 22.6 Å². The standard InChI is InChI=1S/C17H16N2O2/c1-18-11-12-6-8-14(9-7-12)19-17(20)16-10-13-4-2-3-5-15(13)21-16/h2-10,18H,11H2,1H3,(H,19,20). The second-order valence-electron chi connectivity index (χ2n) is 4.83. The zero-order valence-corrected chi connectivity index (χ0v) is 11.7. The monoisotopic (exact) mass is 280 g/mol. The van der Waals surface area contributed by atoms with Gasteiger partial charge in [0.15, 0.2) is 5.76 Å². The van der Waals surface area contributed by atoms with Crippen LogP contribution < -0.4 is 10.6 Å². The molecule has 1 heterocycles. The van der Waals surface area contributed by atoms with Crippen LogP contribution >= 0.6 is 0 Å². The van der Waals surface area contributed by atoms with Gasteiger partial charge < -0.3 is 15.1 Å². The van der Waals surface area contributed by atoms with E-state index in [1.54, 1.807) is 6.07 Å². The fourth-order valence-corrected chi connectivity index (χ4v) is 2.20. The van der Waals surface area contributed by atoms with Gasteiger partial charge >= 0.3 is 0 Å². The Kier molecular flexibility index (Phi) is 3.71. The number of para-hydroxylation sites is 1. The molecule has 0 fully saturated rings. The van der Waals surface area contributed by atoms with Gasteiger partial charge in [-0.3, -0.25) is 4.79 Å². The summed E-state index contributed by atoms with van der Waals surface area (Å²) < 4.78 is 5.54. The van der Waals surface area contributed by atoms with E-state index >= 15 is 0 Å². The third-order valence-electron chi connectivity index (χ3n) is 3.24. The number of rotatable bonds is 4. The van der Waals surface area contributed by atoms with Crippen LogP contribution in [0.15, 0.2) is 59.0 Å². The Balaban J connectivity index is 1.76. The molecule has 0 aliphatic rings. The van der Waals surface area contributed by atoms with Crippen LogP contribution in [0.5, 0.6) is 0 Å². The minimum atomic E-state index is -0.243. The van der Waals surface area contributed by atoms with Gasteiger partial charge in [-0.15, -0.1) is 0 Å². The Morgan fingerprint density at radius 3 is 2.57 bits per heavy atom. The third kappa shape index (κ3) is 2.95. The fourth-order valence-electron chi connectivity index (χ4n) is 2.20. The van der Waals surface area contributed by atoms with Crippen molar-refractivity contribution in [1.82, 2.24) is 5.32 Å². The molecule has 0 aliphatic carbocycles. The number of benzene rings is 2. The number of carbonyl (C=O) groups excluding carboxylic acids is 1. The lowest BCUT2D eigenvalue weighted by Crippen LogP contribution is -2.11. The molecule has 1 aromatic heterocycles. The molecule has 21 heavy (non-hydrogen) atoms. The van der Waals surface area contributed by atoms with Crippen molar-refractivity contribution in [2.75, 3.05) is 12.4 Å². The zero-order chi connectivity index (χ0) is 14.7. The van der Waals surface area contributed by atoms with Gasteiger partial charge in [0.2, 0.25) is 0 Å². The van der Waals surface area contributed by atoms with Gasteiger partial charge in [0.1, 0.15) is 5.58 Å². The third-order valence-corrected chi connectivity index (χ3v) is 3.24. The molecule has 3 aromatic rings. The number of amides is 1. The van der Waals surface area contributed by atoms with Crippen molar-refractivity contribution in [3.8, 4) is 0 Å². The second-order valence-corrected chi connectivity index (χ2v) is 4.83. The molecule has 0 saturated carbocycles. The Bertz CT molecular complexity index is 727. The molecule has 4 nitrogen and oxygen atoms in total. The van der Waals surface area contributed by atoms with Crippen molar-refractivity contribution < 1.29 is 9.21 Å². The molecule has 2 aromatic carbocycles. The molecule has 3 rings (SSSR count). The minimum absolute atomic E-state index is 0.243. The average Bonchev–Trinajstić information content (AvgIpc) is 2.94. The summed E-state index contributed by atoms with van der Waals surface area (Å²) in [5.74, 6) is 0.0723. The average molecular weight is 280 g/mol. The van der Waals surface area contributed by atoms with Crippen LogP contribution in [-0.4, -0.2) is 13.0 Å². The van der Waals surface area contributed by atoms with E-state index in [-0.39, 0.29) is 5.91 Å². The maximum atomic E-state index is 12.2. The Morgan fingerprint density at radius 1 is 1.10 bits per heavy atom. The smallest absolute Gasteiger partial charge is 0.291 e. The number of hydrogen-bond acceptors (Lipinski definition) is 3. The first kappa shape index (κ1) is 13.4. The van der Waals surface area contributed by atoms with Crippen LogP contribution in [0.1, 0.15) is 16.1 Å². The molecule has 4 heteroatoms. The van der Waals surface area contributed by atoms with Crippen LogP contribution in [-0.2, 0) is 6.54 Å². The molecule has 106 valence electrons. The lowest BCUT2D eigenvalue weighted by molar-refractivity contribution is 0.0998. The Labute approximate surface area is 122 Å². The number of carbonyl (C=O) groups is 1. The summed E-state index contributed by atoms with van der Waals surface area (Å²) in [6.07, 6.45) is 0. The van der Waals surface area contributed by atoms with E-state index in [0.29, 0.717) is 11.3 Å². The van der Waals surface area contributed by atoms with Crippen molar-refractivity contribution in [3.05, 3.63) is 65.9 Å². The number of hydrogen-bond donors (Lipinski definition) is 2. The molecule has 0 bridgehead atoms. The molecule has 2 N–H and O–H groups in total. The highest BCUT2D eigenvalue weighted by Crippen LogP contribution is 2.20. The van der Waals surface area contributed by atoms with Gasteiger partial charge in [0, 0.05) is 17.6 Å². The zero-order valence-electron chi connectivity index (χ0n) is 11.7. The summed E-state index contributed by atoms with van der Waals surface area (Å²) in [4.78, 5) is 12.2. The van der Waals surface area contributed by atoms with Gasteiger partial charge in [-0.1, -0.05) is 30.3 Å². The number of fused-ring (bicyclic) bond motifs is 1. The number of nitrogens with one attached hydrogen (secondary N) is 2. The SMILES string of the molecule is CNCc1ccc(NC(=O)c2cc3ccccc3o2)cc1. The highest BCUT2D eigenvalue weighted by molar-refractivity contribution is 6.04. The van der Waals surface area contributed by atoms with E-state index in [0.717, 1.165) is 17.6 Å². The van der Waals surface area contributed by atoms with Crippen molar-refractivity contribution in [2.24, 2.45) is 0 Å². The van der Waals surface area contributed by atoms with E-state index in [9.17, 15) is 4.79 Å². The first-order valence-corrected chi connectivity index (χ1v) is 6.80. The predicted molar refractivity (Wildman–Crippen MR) is 83.4 cm³/mol. The highest BCUT2D eigenvalue weighted by atomic mass is 16.3. The largest absolute Gasteiger partial charge is 0.451 e. The van der Waals surface area contributed by atoms with E-state index in [1.165, 1.54) is 5.56 Å². The molecule has 0 atom stereocenters. The maximum Gasteiger partial charge on any atom is 0.291 e. The van der Waals surface area contributed by atoms with Crippen LogP contribution in [0.3, 0.4) is 0 Å². The van der Waals surface area contributed by atoms with Crippen molar-refractivity contribution in [1.29, 1.82) is 0 Å². The normalized spacial score (nSPS) is 10.7. The molecule has 1 amide bonds. The van der Waals surface area contributed by atoms with Gasteiger partial charge in [-0.05, 0) is 36.9 Å². The molecular formula is C17H16N2O2. The van der Waals surface area contributed by atoms with Gasteiger partial charge in [-0.25, -0.2) is 0 Å². The topological polar surface area (TPSA) is 54.3 Å². The minimum Gasteiger partial charge on any atom is -0.451 e. The summed E-state index contributed by atoms with van der Waals surface area (Å²) in [6, 6.07) is 17.0. The highest BCUT2D eigenvalue weighted by Gasteiger charge is 2.12. The number of anilines is 1. The van der Waals surface area contributed by atoms with Gasteiger partial charge in [0.05, 0.1) is 0 Å². The van der Waals surface area contributed by atoms with E-state index in [4.69, 9.17) is 4.42 Å². The molecule has 0 radical (unpaired) electrons. The summed E-state index contributed by atoms with van der Waals surface area (Å²) in [6.45, 7) is 0.803. The van der Waals surface area contributed by atoms with Crippen molar-refractivity contribution in [3.63, 3.8) is 0 Å². The summed E-state index contributed by atoms with van der Waals surface area (Å²) in [5, 5.41) is 6.84. The van der Waals surface area contributed by atoms with Crippen LogP contribution in [0.2, 0.25) is 0 Å². The van der Waals surface area contributed by atoms with Gasteiger partial charge in [0.25, 0.3) is 5.91 Å². The van der Waals surface area contributed by atoms with Crippen LogP contribution in [0.25, 0.3) is 11.0 Å². The molecule has 0 saturated heterocycles. The van der Waals surface area contributed by atoms with Crippen molar-refractivity contribution in [2.45, 2.75) is 6.54 Å². The van der Waals surface area contributed by atoms with E-state index in [1.807, 2.05) is 55.6 Å². The molecule has 0 spiro atoms. The predicted octanol–water partition coefficient (Wildman–Crippen LogP) is 3.40. The fraction of sp³-hybridized carbons (Fsp3) is 0.118. The Hall–Kier alpha value is -2.59. The lowest BCUT2D eigenvalue weighted by atomic mass is 10.2.